The average Bonchev–Trinajstić information content (AvgIpc) is 3.51. The van der Waals surface area contributed by atoms with Crippen LogP contribution in [0.5, 0.6) is 0 Å². The predicted octanol–water partition coefficient (Wildman–Crippen LogP) is 3.55. The molecule has 10 nitrogen and oxygen atoms in total. The number of carbonyl (C=O) groups is 2. The van der Waals surface area contributed by atoms with Crippen molar-refractivity contribution in [3.05, 3.63) is 120 Å². The Morgan fingerprint density at radius 2 is 1.77 bits per heavy atom. The lowest BCUT2D eigenvalue weighted by atomic mass is 10.1. The Kier molecular flexibility index (Phi) is 8.50. The van der Waals surface area contributed by atoms with Crippen LogP contribution in [0.15, 0.2) is 108 Å². The van der Waals surface area contributed by atoms with E-state index in [1.54, 1.807) is 22.3 Å². The second kappa shape index (κ2) is 13.0. The van der Waals surface area contributed by atoms with Crippen molar-refractivity contribution in [2.45, 2.75) is 25.8 Å². The number of nitrogens with two attached hydrogens (primary N) is 1. The van der Waals surface area contributed by atoms with Gasteiger partial charge in [0.2, 0.25) is 17.7 Å². The van der Waals surface area contributed by atoms with Gasteiger partial charge >= 0.3 is 0 Å². The highest BCUT2D eigenvalue weighted by molar-refractivity contribution is 5.88. The summed E-state index contributed by atoms with van der Waals surface area (Å²) in [5.74, 6) is 0.697. The van der Waals surface area contributed by atoms with Gasteiger partial charge in [-0.1, -0.05) is 78.9 Å². The molecular weight excluding hydrogens is 542 g/mol. The molecule has 218 valence electrons. The fourth-order valence-electron chi connectivity index (χ4n) is 5.23. The molecule has 0 saturated carbocycles. The SMILES string of the molecule is NC1CN(Cc2cccc3ncccc23)C(=O)CN1C(=O)CN(Cc1ncc(-c2ccccc2)o1)NCc1ccccc1. The number of hydrogen-bond donors (Lipinski definition) is 2. The number of piperazine rings is 1. The number of nitrogens with one attached hydrogen (secondary N) is 1. The number of hydrogen-bond acceptors (Lipinski definition) is 8. The Bertz CT molecular complexity index is 1690. The van der Waals surface area contributed by atoms with E-state index in [1.807, 2.05) is 91.0 Å². The van der Waals surface area contributed by atoms with Crippen molar-refractivity contribution in [1.29, 1.82) is 0 Å². The third-order valence-corrected chi connectivity index (χ3v) is 7.50. The van der Waals surface area contributed by atoms with Crippen molar-refractivity contribution >= 4 is 22.7 Å². The van der Waals surface area contributed by atoms with Crippen molar-refractivity contribution in [3.63, 3.8) is 0 Å². The number of amides is 2. The highest BCUT2D eigenvalue weighted by atomic mass is 16.4. The number of nitrogens with zero attached hydrogens (tertiary/aromatic N) is 5. The molecule has 3 heterocycles. The first kappa shape index (κ1) is 28.2. The molecule has 3 aromatic carbocycles. The fraction of sp³-hybridized carbons (Fsp3) is 0.212. The van der Waals surface area contributed by atoms with Gasteiger partial charge in [-0.3, -0.25) is 14.6 Å². The fourth-order valence-corrected chi connectivity index (χ4v) is 5.23. The third kappa shape index (κ3) is 6.78. The average molecular weight is 576 g/mol. The van der Waals surface area contributed by atoms with Crippen LogP contribution < -0.4 is 11.2 Å². The molecule has 1 saturated heterocycles. The lowest BCUT2D eigenvalue weighted by Gasteiger charge is -2.40. The molecule has 2 aromatic heterocycles. The molecule has 0 bridgehead atoms. The molecule has 1 aliphatic rings. The third-order valence-electron chi connectivity index (χ3n) is 7.50. The number of oxazole rings is 1. The highest BCUT2D eigenvalue weighted by Gasteiger charge is 2.34. The van der Waals surface area contributed by atoms with E-state index in [0.29, 0.717) is 24.7 Å². The van der Waals surface area contributed by atoms with E-state index in [0.717, 1.165) is 27.6 Å². The minimum atomic E-state index is -0.638. The lowest BCUT2D eigenvalue weighted by molar-refractivity contribution is -0.150. The summed E-state index contributed by atoms with van der Waals surface area (Å²) in [6, 6.07) is 29.4. The zero-order valence-corrected chi connectivity index (χ0v) is 23.7. The summed E-state index contributed by atoms with van der Waals surface area (Å²) in [5, 5.41) is 2.75. The van der Waals surface area contributed by atoms with Gasteiger partial charge in [0.1, 0.15) is 6.54 Å². The van der Waals surface area contributed by atoms with Crippen LogP contribution in [0.3, 0.4) is 0 Å². The molecule has 2 amide bonds. The van der Waals surface area contributed by atoms with Crippen LogP contribution in [0.2, 0.25) is 0 Å². The molecule has 1 aliphatic heterocycles. The summed E-state index contributed by atoms with van der Waals surface area (Å²) in [6.07, 6.45) is 2.79. The molecule has 43 heavy (non-hydrogen) atoms. The first-order valence-electron chi connectivity index (χ1n) is 14.2. The second-order valence-electron chi connectivity index (χ2n) is 10.5. The van der Waals surface area contributed by atoms with Gasteiger partial charge in [0.05, 0.1) is 37.5 Å². The minimum Gasteiger partial charge on any atom is -0.439 e. The van der Waals surface area contributed by atoms with E-state index < -0.39 is 6.17 Å². The number of pyridine rings is 1. The topological polar surface area (TPSA) is 121 Å². The minimum absolute atomic E-state index is 0.0220. The smallest absolute Gasteiger partial charge is 0.242 e. The molecule has 0 aliphatic carbocycles. The Labute approximate surface area is 249 Å². The van der Waals surface area contributed by atoms with Crippen LogP contribution in [0.4, 0.5) is 0 Å². The zero-order chi connectivity index (χ0) is 29.6. The van der Waals surface area contributed by atoms with Gasteiger partial charge < -0.3 is 20.0 Å². The van der Waals surface area contributed by atoms with Gasteiger partial charge in [-0.05, 0) is 23.3 Å². The van der Waals surface area contributed by atoms with Crippen LogP contribution in [0.25, 0.3) is 22.2 Å². The first-order valence-corrected chi connectivity index (χ1v) is 14.2. The quantitative estimate of drug-likeness (QED) is 0.243. The van der Waals surface area contributed by atoms with E-state index in [9.17, 15) is 9.59 Å². The van der Waals surface area contributed by atoms with Crippen LogP contribution in [-0.4, -0.2) is 62.4 Å². The molecule has 1 fully saturated rings. The van der Waals surface area contributed by atoms with Gasteiger partial charge in [0.15, 0.2) is 5.76 Å². The van der Waals surface area contributed by atoms with E-state index in [-0.39, 0.29) is 38.0 Å². The standard InChI is InChI=1S/C33H33N7O3/c34-30-20-38(19-26-13-7-15-28-27(26)14-8-16-35-28)32(41)23-40(30)33(42)22-39(37-17-24-9-3-1-4-10-24)21-31-36-18-29(43-31)25-11-5-2-6-12-25/h1-16,18,30,37H,17,19-23,34H2. The lowest BCUT2D eigenvalue weighted by Crippen LogP contribution is -2.62. The number of rotatable bonds is 10. The maximum atomic E-state index is 13.6. The van der Waals surface area contributed by atoms with Crippen molar-refractivity contribution in [2.24, 2.45) is 5.73 Å². The highest BCUT2D eigenvalue weighted by Crippen LogP contribution is 2.22. The number of fused-ring (bicyclic) bond motifs is 1. The molecule has 3 N–H and O–H groups in total. The second-order valence-corrected chi connectivity index (χ2v) is 10.5. The molecule has 5 aromatic rings. The normalized spacial score (nSPS) is 15.4. The first-order chi connectivity index (χ1) is 21.0. The number of hydrazine groups is 1. The molecule has 0 spiro atoms. The summed E-state index contributed by atoms with van der Waals surface area (Å²) >= 11 is 0. The van der Waals surface area contributed by atoms with Crippen LogP contribution >= 0.6 is 0 Å². The Morgan fingerprint density at radius 3 is 2.58 bits per heavy atom. The molecule has 0 radical (unpaired) electrons. The number of aromatic nitrogens is 2. The Hall–Kier alpha value is -4.90. The monoisotopic (exact) mass is 575 g/mol. The van der Waals surface area contributed by atoms with E-state index >= 15 is 0 Å². The summed E-state index contributed by atoms with van der Waals surface area (Å²) in [5.41, 5.74) is 13.7. The molecule has 6 rings (SSSR count). The van der Waals surface area contributed by atoms with Crippen LogP contribution in [-0.2, 0) is 29.2 Å². The summed E-state index contributed by atoms with van der Waals surface area (Å²) in [7, 11) is 0. The van der Waals surface area contributed by atoms with Gasteiger partial charge in [0, 0.05) is 30.2 Å². The predicted molar refractivity (Wildman–Crippen MR) is 162 cm³/mol. The van der Waals surface area contributed by atoms with Gasteiger partial charge in [-0.25, -0.2) is 15.4 Å². The number of carbonyl (C=O) groups excluding carboxylic acids is 2. The number of benzene rings is 3. The van der Waals surface area contributed by atoms with Crippen molar-refractivity contribution in [2.75, 3.05) is 19.6 Å². The van der Waals surface area contributed by atoms with Gasteiger partial charge in [-0.15, -0.1) is 0 Å². The van der Waals surface area contributed by atoms with Crippen molar-refractivity contribution in [3.8, 4) is 11.3 Å². The summed E-state index contributed by atoms with van der Waals surface area (Å²) in [6.45, 7) is 1.26. The van der Waals surface area contributed by atoms with Crippen molar-refractivity contribution < 1.29 is 14.0 Å². The summed E-state index contributed by atoms with van der Waals surface area (Å²) < 4.78 is 6.01. The maximum Gasteiger partial charge on any atom is 0.242 e. The van der Waals surface area contributed by atoms with E-state index in [4.69, 9.17) is 10.2 Å². The maximum absolute atomic E-state index is 13.6. The largest absolute Gasteiger partial charge is 0.439 e. The van der Waals surface area contributed by atoms with Crippen LogP contribution in [0, 0.1) is 0 Å². The molecule has 1 unspecified atom stereocenters. The molecule has 10 heteroatoms. The van der Waals surface area contributed by atoms with Crippen LogP contribution in [0.1, 0.15) is 17.0 Å². The van der Waals surface area contributed by atoms with Crippen molar-refractivity contribution in [1.82, 2.24) is 30.2 Å². The Balaban J connectivity index is 1.13. The molecular formula is C33H33N7O3. The van der Waals surface area contributed by atoms with Gasteiger partial charge in [-0.2, -0.15) is 0 Å². The zero-order valence-electron chi connectivity index (χ0n) is 23.7. The van der Waals surface area contributed by atoms with E-state index in [1.165, 1.54) is 4.90 Å². The van der Waals surface area contributed by atoms with Gasteiger partial charge in [0.25, 0.3) is 0 Å². The van der Waals surface area contributed by atoms with E-state index in [2.05, 4.69) is 15.4 Å². The molecule has 1 atom stereocenters. The Morgan fingerprint density at radius 1 is 0.977 bits per heavy atom. The summed E-state index contributed by atoms with van der Waals surface area (Å²) in [4.78, 5) is 38.8.